The normalized spacial score (nSPS) is 14.5. The van der Waals surface area contributed by atoms with Gasteiger partial charge in [-0.15, -0.1) is 0 Å². The number of hydrogen-bond donors (Lipinski definition) is 0. The predicted molar refractivity (Wildman–Crippen MR) is 126 cm³/mol. The molecule has 1 heterocycles. The van der Waals surface area contributed by atoms with Gasteiger partial charge in [-0.1, -0.05) is 12.1 Å². The van der Waals surface area contributed by atoms with E-state index in [0.29, 0.717) is 28.6 Å². The van der Waals surface area contributed by atoms with Gasteiger partial charge in [-0.2, -0.15) is 0 Å². The van der Waals surface area contributed by atoms with E-state index in [-0.39, 0.29) is 22.6 Å². The summed E-state index contributed by atoms with van der Waals surface area (Å²) in [4.78, 5) is 28.5. The Bertz CT molecular complexity index is 1250. The molecule has 3 aromatic carbocycles. The number of ether oxygens (including phenoxy) is 6. The van der Waals surface area contributed by atoms with Crippen molar-refractivity contribution in [2.75, 3.05) is 35.5 Å². The summed E-state index contributed by atoms with van der Waals surface area (Å²) in [7, 11) is 7.39. The van der Waals surface area contributed by atoms with Gasteiger partial charge < -0.3 is 28.4 Å². The lowest BCUT2D eigenvalue weighted by atomic mass is 10.0. The Balaban J connectivity index is 1.86. The van der Waals surface area contributed by atoms with Crippen molar-refractivity contribution < 1.29 is 38.0 Å². The van der Waals surface area contributed by atoms with E-state index in [1.165, 1.54) is 47.7 Å². The second kappa shape index (κ2) is 9.84. The minimum Gasteiger partial charge on any atom is -0.493 e. The van der Waals surface area contributed by atoms with Crippen LogP contribution >= 0.6 is 0 Å². The number of benzene rings is 3. The highest BCUT2D eigenvalue weighted by Gasteiger charge is 2.40. The van der Waals surface area contributed by atoms with Crippen molar-refractivity contribution in [2.45, 2.75) is 6.23 Å². The first-order chi connectivity index (χ1) is 17.0. The number of fused-ring (bicyclic) bond motifs is 1. The van der Waals surface area contributed by atoms with Crippen LogP contribution in [0.25, 0.3) is 0 Å². The third kappa shape index (κ3) is 4.16. The van der Waals surface area contributed by atoms with Crippen molar-refractivity contribution in [1.82, 2.24) is 4.90 Å². The zero-order valence-electron chi connectivity index (χ0n) is 20.0. The Hall–Kier alpha value is -4.40. The molecule has 1 aliphatic heterocycles. The van der Waals surface area contributed by atoms with Crippen LogP contribution in [0.15, 0.2) is 54.6 Å². The summed E-state index contributed by atoms with van der Waals surface area (Å²) < 4.78 is 33.0. The maximum Gasteiger partial charge on any atom is 0.267 e. The quantitative estimate of drug-likeness (QED) is 0.468. The molecule has 0 spiro atoms. The van der Waals surface area contributed by atoms with E-state index in [2.05, 4.69) is 0 Å². The van der Waals surface area contributed by atoms with Crippen LogP contribution in [0.1, 0.15) is 32.5 Å². The first-order valence-corrected chi connectivity index (χ1v) is 10.6. The average Bonchev–Trinajstić information content (AvgIpc) is 2.91. The van der Waals surface area contributed by atoms with E-state index in [1.807, 2.05) is 0 Å². The van der Waals surface area contributed by atoms with Crippen LogP contribution in [-0.2, 0) is 0 Å². The largest absolute Gasteiger partial charge is 0.493 e. The van der Waals surface area contributed by atoms with Gasteiger partial charge in [0.15, 0.2) is 23.0 Å². The first kappa shape index (κ1) is 23.7. The molecule has 3 aromatic rings. The molecule has 1 unspecified atom stereocenters. The molecule has 182 valence electrons. The lowest BCUT2D eigenvalue weighted by Gasteiger charge is -2.35. The molecule has 2 amide bonds. The third-order valence-corrected chi connectivity index (χ3v) is 5.63. The van der Waals surface area contributed by atoms with E-state index in [4.69, 9.17) is 28.4 Å². The van der Waals surface area contributed by atoms with Gasteiger partial charge in [0.1, 0.15) is 5.75 Å². The van der Waals surface area contributed by atoms with Gasteiger partial charge in [-0.3, -0.25) is 9.59 Å². The van der Waals surface area contributed by atoms with Crippen molar-refractivity contribution in [3.63, 3.8) is 0 Å². The fourth-order valence-electron chi connectivity index (χ4n) is 3.92. The highest BCUT2D eigenvalue weighted by molar-refractivity contribution is 6.12. The zero-order valence-corrected chi connectivity index (χ0v) is 20.0. The van der Waals surface area contributed by atoms with Crippen molar-refractivity contribution in [2.24, 2.45) is 0 Å². The van der Waals surface area contributed by atoms with Crippen LogP contribution in [0.4, 0.5) is 0 Å². The zero-order chi connectivity index (χ0) is 25.1. The molecular weight excluding hydrogens is 454 g/mol. The number of methoxy groups -OCH3 is 5. The molecular formula is C26H25NO8. The second-order valence-electron chi connectivity index (χ2n) is 7.48. The molecule has 1 atom stereocenters. The monoisotopic (exact) mass is 479 g/mol. The number of carbonyl (C=O) groups excluding carboxylic acids is 2. The summed E-state index contributed by atoms with van der Waals surface area (Å²) in [6.07, 6.45) is -1.07. The van der Waals surface area contributed by atoms with E-state index in [1.54, 1.807) is 42.5 Å². The van der Waals surface area contributed by atoms with Gasteiger partial charge in [0.25, 0.3) is 11.8 Å². The van der Waals surface area contributed by atoms with Crippen molar-refractivity contribution in [3.05, 3.63) is 71.3 Å². The van der Waals surface area contributed by atoms with Crippen LogP contribution in [0, 0.1) is 0 Å². The second-order valence-corrected chi connectivity index (χ2v) is 7.48. The molecule has 9 heteroatoms. The number of carbonyl (C=O) groups is 2. The fraction of sp³-hybridized carbons (Fsp3) is 0.231. The van der Waals surface area contributed by atoms with Crippen molar-refractivity contribution in [3.8, 4) is 34.5 Å². The van der Waals surface area contributed by atoms with Gasteiger partial charge in [0, 0.05) is 11.1 Å². The maximum absolute atomic E-state index is 13.8. The number of imide groups is 1. The molecule has 0 bridgehead atoms. The van der Waals surface area contributed by atoms with Crippen LogP contribution in [0.2, 0.25) is 0 Å². The number of rotatable bonds is 7. The molecule has 4 rings (SSSR count). The first-order valence-electron chi connectivity index (χ1n) is 10.6. The Kier molecular flexibility index (Phi) is 6.68. The standard InChI is InChI=1S/C26H25NO8/c1-30-19-11-10-15(12-20(19)31-2)26-27(25(29)17-8-6-7-9-18(17)35-26)24(28)16-13-21(32-3)23(34-5)22(14-16)33-4/h6-14,26H,1-5H3. The van der Waals surface area contributed by atoms with Crippen molar-refractivity contribution in [1.29, 1.82) is 0 Å². The van der Waals surface area contributed by atoms with E-state index >= 15 is 0 Å². The Labute approximate surface area is 202 Å². The van der Waals surface area contributed by atoms with E-state index < -0.39 is 18.0 Å². The molecule has 1 aliphatic rings. The van der Waals surface area contributed by atoms with Gasteiger partial charge in [-0.05, 0) is 42.5 Å². The van der Waals surface area contributed by atoms with Crippen LogP contribution in [-0.4, -0.2) is 52.3 Å². The maximum atomic E-state index is 13.8. The summed E-state index contributed by atoms with van der Waals surface area (Å²) in [5, 5.41) is 0. The number of amides is 2. The van der Waals surface area contributed by atoms with Crippen LogP contribution < -0.4 is 28.4 Å². The molecule has 0 aliphatic carbocycles. The topological polar surface area (TPSA) is 92.8 Å². The molecule has 0 radical (unpaired) electrons. The average molecular weight is 479 g/mol. The summed E-state index contributed by atoms with van der Waals surface area (Å²) in [6.45, 7) is 0. The summed E-state index contributed by atoms with van der Waals surface area (Å²) >= 11 is 0. The predicted octanol–water partition coefficient (Wildman–Crippen LogP) is 4.10. The highest BCUT2D eigenvalue weighted by Crippen LogP contribution is 2.42. The molecule has 0 aromatic heterocycles. The van der Waals surface area contributed by atoms with Crippen LogP contribution in [0.3, 0.4) is 0 Å². The van der Waals surface area contributed by atoms with Gasteiger partial charge in [0.2, 0.25) is 12.0 Å². The minimum absolute atomic E-state index is 0.154. The third-order valence-electron chi connectivity index (χ3n) is 5.63. The minimum atomic E-state index is -1.07. The molecule has 35 heavy (non-hydrogen) atoms. The van der Waals surface area contributed by atoms with E-state index in [9.17, 15) is 9.59 Å². The van der Waals surface area contributed by atoms with E-state index in [0.717, 1.165) is 4.90 Å². The van der Waals surface area contributed by atoms with Crippen LogP contribution in [0.5, 0.6) is 34.5 Å². The summed E-state index contributed by atoms with van der Waals surface area (Å²) in [5.41, 5.74) is 0.942. The number of nitrogens with zero attached hydrogens (tertiary/aromatic N) is 1. The molecule has 0 saturated carbocycles. The Morgan fingerprint density at radius 2 is 1.40 bits per heavy atom. The van der Waals surface area contributed by atoms with Gasteiger partial charge in [0.05, 0.1) is 41.1 Å². The highest BCUT2D eigenvalue weighted by atomic mass is 16.5. The van der Waals surface area contributed by atoms with Gasteiger partial charge >= 0.3 is 0 Å². The molecule has 0 saturated heterocycles. The summed E-state index contributed by atoms with van der Waals surface area (Å²) in [5.74, 6) is 1.07. The number of para-hydroxylation sites is 1. The molecule has 0 fully saturated rings. The molecule has 9 nitrogen and oxygen atoms in total. The van der Waals surface area contributed by atoms with Gasteiger partial charge in [-0.25, -0.2) is 4.90 Å². The SMILES string of the molecule is COc1ccc(C2Oc3ccccc3C(=O)N2C(=O)c2cc(OC)c(OC)c(OC)c2)cc1OC. The Morgan fingerprint density at radius 3 is 2.00 bits per heavy atom. The Morgan fingerprint density at radius 1 is 0.771 bits per heavy atom. The lowest BCUT2D eigenvalue weighted by molar-refractivity contribution is 0.0106. The summed E-state index contributed by atoms with van der Waals surface area (Å²) in [6, 6.07) is 14.8. The fourth-order valence-corrected chi connectivity index (χ4v) is 3.92. The smallest absolute Gasteiger partial charge is 0.267 e. The lowest BCUT2D eigenvalue weighted by Crippen LogP contribution is -2.45. The molecule has 0 N–H and O–H groups in total. The number of hydrogen-bond acceptors (Lipinski definition) is 8. The van der Waals surface area contributed by atoms with Crippen molar-refractivity contribution >= 4 is 11.8 Å².